The van der Waals surface area contributed by atoms with E-state index in [1.807, 2.05) is 0 Å². The zero-order chi connectivity index (χ0) is 14.0. The van der Waals surface area contributed by atoms with E-state index in [1.54, 1.807) is 26.8 Å². The van der Waals surface area contributed by atoms with Crippen LogP contribution in [0.2, 0.25) is 0 Å². The molecule has 6 nitrogen and oxygen atoms in total. The Balaban J connectivity index is 2.84. The fraction of sp³-hybridized carbons (Fsp3) is 0.818. The van der Waals surface area contributed by atoms with Crippen LogP contribution < -0.4 is 0 Å². The van der Waals surface area contributed by atoms with Gasteiger partial charge >= 0.3 is 5.97 Å². The number of nitrogens with zero attached hydrogens (tertiary/aromatic N) is 2. The lowest BCUT2D eigenvalue weighted by Gasteiger charge is -2.26. The molecule has 0 aromatic heterocycles. The Bertz CT molecular complexity index is 458. The highest BCUT2D eigenvalue weighted by Gasteiger charge is 2.40. The van der Waals surface area contributed by atoms with Gasteiger partial charge in [-0.2, -0.15) is 9.57 Å². The lowest BCUT2D eigenvalue weighted by atomic mass is 10.2. The third kappa shape index (κ3) is 3.68. The Hall–Kier alpha value is -1.13. The van der Waals surface area contributed by atoms with Crippen LogP contribution >= 0.6 is 0 Å². The van der Waals surface area contributed by atoms with Gasteiger partial charge in [-0.05, 0) is 33.6 Å². The van der Waals surface area contributed by atoms with Gasteiger partial charge in [-0.25, -0.2) is 8.42 Å². The molecule has 0 unspecified atom stereocenters. The first-order valence-corrected chi connectivity index (χ1v) is 7.37. The van der Waals surface area contributed by atoms with Gasteiger partial charge in [0.05, 0.1) is 6.07 Å². The average molecular weight is 274 g/mol. The van der Waals surface area contributed by atoms with Crippen molar-refractivity contribution in [1.29, 1.82) is 5.26 Å². The second kappa shape index (κ2) is 5.24. The number of sulfonamides is 1. The molecule has 1 atom stereocenters. The van der Waals surface area contributed by atoms with E-state index in [0.717, 1.165) is 4.31 Å². The zero-order valence-corrected chi connectivity index (χ0v) is 11.7. The van der Waals surface area contributed by atoms with E-state index in [-0.39, 0.29) is 6.54 Å². The van der Waals surface area contributed by atoms with Crippen LogP contribution in [0.1, 0.15) is 33.6 Å². The van der Waals surface area contributed by atoms with Gasteiger partial charge in [0.1, 0.15) is 11.6 Å². The molecule has 1 aliphatic rings. The molecule has 7 heteroatoms. The van der Waals surface area contributed by atoms with Crippen molar-refractivity contribution in [2.75, 3.05) is 12.3 Å². The second-order valence-corrected chi connectivity index (χ2v) is 7.14. The summed E-state index contributed by atoms with van der Waals surface area (Å²) in [5.41, 5.74) is -0.648. The molecule has 0 amide bonds. The monoisotopic (exact) mass is 274 g/mol. The summed E-state index contributed by atoms with van der Waals surface area (Å²) in [5.74, 6) is -1.15. The van der Waals surface area contributed by atoms with Crippen LogP contribution in [-0.2, 0) is 19.6 Å². The van der Waals surface area contributed by atoms with Crippen molar-refractivity contribution in [2.24, 2.45) is 0 Å². The zero-order valence-electron chi connectivity index (χ0n) is 10.8. The number of rotatable bonds is 3. The first kappa shape index (κ1) is 14.9. The molecular formula is C11H18N2O4S. The van der Waals surface area contributed by atoms with E-state index in [2.05, 4.69) is 0 Å². The standard InChI is InChI=1S/C11H18N2O4S/c1-11(2,3)17-10(14)9-5-4-7-13(9)18(15,16)8-6-12/h9H,4-5,7-8H2,1-3H3/t9-/m1/s1. The van der Waals surface area contributed by atoms with Crippen LogP contribution in [0.3, 0.4) is 0 Å². The smallest absolute Gasteiger partial charge is 0.324 e. The van der Waals surface area contributed by atoms with Crippen molar-refractivity contribution in [3.63, 3.8) is 0 Å². The maximum Gasteiger partial charge on any atom is 0.324 e. The van der Waals surface area contributed by atoms with Crippen LogP contribution in [0.5, 0.6) is 0 Å². The number of esters is 1. The molecule has 0 spiro atoms. The summed E-state index contributed by atoms with van der Waals surface area (Å²) in [4.78, 5) is 11.9. The van der Waals surface area contributed by atoms with Crippen molar-refractivity contribution in [3.05, 3.63) is 0 Å². The van der Waals surface area contributed by atoms with E-state index in [4.69, 9.17) is 10.00 Å². The molecule has 0 aromatic rings. The Kier molecular flexibility index (Phi) is 4.35. The van der Waals surface area contributed by atoms with Crippen LogP contribution in [0.15, 0.2) is 0 Å². The third-order valence-corrected chi connectivity index (χ3v) is 4.13. The van der Waals surface area contributed by atoms with Crippen LogP contribution in [0, 0.1) is 11.3 Å². The first-order valence-electron chi connectivity index (χ1n) is 5.77. The van der Waals surface area contributed by atoms with Crippen molar-refractivity contribution >= 4 is 16.0 Å². The summed E-state index contributed by atoms with van der Waals surface area (Å²) >= 11 is 0. The molecule has 0 aliphatic carbocycles. The predicted octanol–water partition coefficient (Wildman–Crippen LogP) is 0.646. The van der Waals surface area contributed by atoms with E-state index < -0.39 is 33.4 Å². The van der Waals surface area contributed by atoms with Gasteiger partial charge in [-0.15, -0.1) is 0 Å². The highest BCUT2D eigenvalue weighted by molar-refractivity contribution is 7.89. The molecule has 1 heterocycles. The molecule has 1 fully saturated rings. The Morgan fingerprint density at radius 1 is 1.50 bits per heavy atom. The van der Waals surface area contributed by atoms with Gasteiger partial charge in [-0.1, -0.05) is 0 Å². The normalized spacial score (nSPS) is 21.6. The topological polar surface area (TPSA) is 87.5 Å². The summed E-state index contributed by atoms with van der Waals surface area (Å²) in [6.07, 6.45) is 1.05. The molecular weight excluding hydrogens is 256 g/mol. The molecule has 1 rings (SSSR count). The Morgan fingerprint density at radius 2 is 2.11 bits per heavy atom. The number of ether oxygens (including phenoxy) is 1. The molecule has 1 aliphatic heterocycles. The van der Waals surface area contributed by atoms with Crippen molar-refractivity contribution in [1.82, 2.24) is 4.31 Å². The molecule has 0 bridgehead atoms. The quantitative estimate of drug-likeness (QED) is 0.705. The summed E-state index contributed by atoms with van der Waals surface area (Å²) in [6.45, 7) is 5.46. The number of carbonyl (C=O) groups is 1. The van der Waals surface area contributed by atoms with Gasteiger partial charge in [0.15, 0.2) is 5.75 Å². The maximum absolute atomic E-state index is 11.9. The van der Waals surface area contributed by atoms with Crippen LogP contribution in [-0.4, -0.2) is 42.6 Å². The summed E-state index contributed by atoms with van der Waals surface area (Å²) < 4.78 is 29.9. The Morgan fingerprint density at radius 3 is 2.61 bits per heavy atom. The third-order valence-electron chi connectivity index (χ3n) is 2.49. The summed E-state index contributed by atoms with van der Waals surface area (Å²) in [5, 5.41) is 8.50. The Labute approximate surface area is 108 Å². The van der Waals surface area contributed by atoms with Gasteiger partial charge in [0, 0.05) is 6.54 Å². The molecule has 0 aromatic carbocycles. The average Bonchev–Trinajstić information content (AvgIpc) is 2.63. The summed E-state index contributed by atoms with van der Waals surface area (Å²) in [7, 11) is -3.69. The van der Waals surface area contributed by atoms with Gasteiger partial charge in [0.2, 0.25) is 10.0 Å². The molecule has 18 heavy (non-hydrogen) atoms. The SMILES string of the molecule is CC(C)(C)OC(=O)[C@H]1CCCN1S(=O)(=O)CC#N. The van der Waals surface area contributed by atoms with Crippen LogP contribution in [0.4, 0.5) is 0 Å². The molecule has 0 radical (unpaired) electrons. The van der Waals surface area contributed by atoms with Gasteiger partial charge < -0.3 is 4.74 Å². The molecule has 0 N–H and O–H groups in total. The van der Waals surface area contributed by atoms with Crippen molar-refractivity contribution in [3.8, 4) is 6.07 Å². The number of hydrogen-bond donors (Lipinski definition) is 0. The molecule has 102 valence electrons. The lowest BCUT2D eigenvalue weighted by Crippen LogP contribution is -2.44. The number of carbonyl (C=O) groups excluding carboxylic acids is 1. The minimum atomic E-state index is -3.69. The van der Waals surface area contributed by atoms with E-state index >= 15 is 0 Å². The van der Waals surface area contributed by atoms with Crippen LogP contribution in [0.25, 0.3) is 0 Å². The van der Waals surface area contributed by atoms with Gasteiger partial charge in [-0.3, -0.25) is 4.79 Å². The number of nitriles is 1. The van der Waals surface area contributed by atoms with Crippen molar-refractivity contribution < 1.29 is 17.9 Å². The van der Waals surface area contributed by atoms with E-state index in [0.29, 0.717) is 12.8 Å². The largest absolute Gasteiger partial charge is 0.459 e. The van der Waals surface area contributed by atoms with Gasteiger partial charge in [0.25, 0.3) is 0 Å². The van der Waals surface area contributed by atoms with E-state index in [9.17, 15) is 13.2 Å². The number of hydrogen-bond acceptors (Lipinski definition) is 5. The fourth-order valence-electron chi connectivity index (χ4n) is 1.84. The summed E-state index contributed by atoms with van der Waals surface area (Å²) in [6, 6.07) is 0.822. The van der Waals surface area contributed by atoms with Crippen molar-refractivity contribution in [2.45, 2.75) is 45.3 Å². The minimum Gasteiger partial charge on any atom is -0.459 e. The highest BCUT2D eigenvalue weighted by Crippen LogP contribution is 2.24. The maximum atomic E-state index is 11.9. The lowest BCUT2D eigenvalue weighted by molar-refractivity contribution is -0.158. The fourth-order valence-corrected chi connectivity index (χ4v) is 3.16. The minimum absolute atomic E-state index is 0.272. The highest BCUT2D eigenvalue weighted by atomic mass is 32.2. The molecule has 0 saturated carbocycles. The first-order chi connectivity index (χ1) is 8.17. The second-order valence-electron chi connectivity index (χ2n) is 5.22. The molecule has 1 saturated heterocycles. The predicted molar refractivity (Wildman–Crippen MR) is 65.0 cm³/mol. The van der Waals surface area contributed by atoms with E-state index in [1.165, 1.54) is 0 Å².